The average molecular weight is 549 g/mol. The lowest BCUT2D eigenvalue weighted by molar-refractivity contribution is 0.00542. The first-order valence-corrected chi connectivity index (χ1v) is 11.8. The second kappa shape index (κ2) is 10.4. The van der Waals surface area contributed by atoms with Crippen molar-refractivity contribution in [3.8, 4) is 0 Å². The van der Waals surface area contributed by atoms with Gasteiger partial charge in [-0.05, 0) is 53.4 Å². The fourth-order valence-electron chi connectivity index (χ4n) is 5.52. The lowest BCUT2D eigenvalue weighted by Gasteiger charge is -2.47. The van der Waals surface area contributed by atoms with Crippen molar-refractivity contribution in [1.82, 2.24) is 25.3 Å². The van der Waals surface area contributed by atoms with Crippen molar-refractivity contribution in [3.63, 3.8) is 0 Å². The third kappa shape index (κ3) is 6.16. The van der Waals surface area contributed by atoms with Gasteiger partial charge in [-0.1, -0.05) is 0 Å². The molecule has 178 valence electrons. The van der Waals surface area contributed by atoms with Crippen LogP contribution >= 0.6 is 24.0 Å². The number of piperidine rings is 1. The van der Waals surface area contributed by atoms with Crippen LogP contribution in [0.5, 0.6) is 0 Å². The fraction of sp³-hybridized carbons (Fsp3) is 0.909. The molecule has 0 radical (unpaired) electrons. The lowest BCUT2D eigenvalue weighted by Crippen LogP contribution is -2.62. The Kier molecular flexibility index (Phi) is 8.34. The molecule has 5 fully saturated rings. The number of nitrogens with zero attached hydrogens (tertiary/aromatic N) is 4. The molecule has 5 aliphatic heterocycles. The minimum absolute atomic E-state index is 0. The summed E-state index contributed by atoms with van der Waals surface area (Å²) in [5.41, 5.74) is -0.443. The van der Waals surface area contributed by atoms with Gasteiger partial charge in [0.2, 0.25) is 0 Å². The largest absolute Gasteiger partial charge is 0.444 e. The van der Waals surface area contributed by atoms with Gasteiger partial charge in [0.25, 0.3) is 0 Å². The lowest BCUT2D eigenvalue weighted by atomic mass is 9.98. The summed E-state index contributed by atoms with van der Waals surface area (Å²) in [6.07, 6.45) is 3.92. The van der Waals surface area contributed by atoms with Crippen LogP contribution in [0.4, 0.5) is 4.79 Å². The predicted molar refractivity (Wildman–Crippen MR) is 134 cm³/mol. The molecule has 3 unspecified atom stereocenters. The van der Waals surface area contributed by atoms with E-state index in [9.17, 15) is 4.79 Å². The fourth-order valence-corrected chi connectivity index (χ4v) is 5.52. The van der Waals surface area contributed by atoms with E-state index in [2.05, 4.69) is 27.4 Å². The van der Waals surface area contributed by atoms with Crippen molar-refractivity contribution in [2.45, 2.75) is 83.1 Å². The smallest absolute Gasteiger partial charge is 0.410 e. The van der Waals surface area contributed by atoms with Gasteiger partial charge in [0.05, 0.1) is 6.54 Å². The van der Waals surface area contributed by atoms with Crippen LogP contribution in [0.25, 0.3) is 0 Å². The summed E-state index contributed by atoms with van der Waals surface area (Å²) in [5, 5.41) is 7.11. The molecule has 0 aromatic carbocycles. The van der Waals surface area contributed by atoms with E-state index in [4.69, 9.17) is 9.73 Å². The summed E-state index contributed by atoms with van der Waals surface area (Å²) in [6.45, 7) is 15.5. The Bertz CT molecular complexity index is 632. The summed E-state index contributed by atoms with van der Waals surface area (Å²) in [5.74, 6) is 0.922. The topological polar surface area (TPSA) is 72.4 Å². The number of ether oxygens (including phenoxy) is 1. The highest BCUT2D eigenvalue weighted by Crippen LogP contribution is 2.36. The van der Waals surface area contributed by atoms with Gasteiger partial charge in [-0.3, -0.25) is 14.8 Å². The quantitative estimate of drug-likeness (QED) is 0.319. The van der Waals surface area contributed by atoms with Crippen molar-refractivity contribution >= 4 is 36.0 Å². The van der Waals surface area contributed by atoms with E-state index in [0.717, 1.165) is 51.3 Å². The highest BCUT2D eigenvalue weighted by atomic mass is 127. The Morgan fingerprint density at radius 1 is 1.10 bits per heavy atom. The first-order chi connectivity index (χ1) is 14.3. The summed E-state index contributed by atoms with van der Waals surface area (Å²) in [7, 11) is 0. The van der Waals surface area contributed by atoms with Gasteiger partial charge in [0.1, 0.15) is 5.60 Å². The molecule has 3 atom stereocenters. The zero-order valence-electron chi connectivity index (χ0n) is 19.6. The number of guanidine groups is 1. The number of aliphatic imine (C=N–C) groups is 1. The number of hydrogen-bond acceptors (Lipinski definition) is 5. The zero-order chi connectivity index (χ0) is 21.3. The van der Waals surface area contributed by atoms with E-state index in [1.807, 2.05) is 25.7 Å². The summed E-state index contributed by atoms with van der Waals surface area (Å²) < 4.78 is 5.66. The number of fused-ring (bicyclic) bond motifs is 5. The molecule has 5 rings (SSSR count). The molecular formula is C22H41IN6O2. The molecule has 0 spiro atoms. The van der Waals surface area contributed by atoms with Gasteiger partial charge in [-0.25, -0.2) is 4.79 Å². The molecule has 0 aromatic heterocycles. The van der Waals surface area contributed by atoms with E-state index < -0.39 is 5.60 Å². The molecule has 31 heavy (non-hydrogen) atoms. The number of amides is 1. The average Bonchev–Trinajstić information content (AvgIpc) is 2.97. The van der Waals surface area contributed by atoms with E-state index in [0.29, 0.717) is 12.1 Å². The molecule has 5 heterocycles. The molecule has 2 N–H and O–H groups in total. The van der Waals surface area contributed by atoms with Crippen LogP contribution in [-0.2, 0) is 4.74 Å². The van der Waals surface area contributed by atoms with Crippen LogP contribution in [0.15, 0.2) is 4.99 Å². The molecule has 5 saturated heterocycles. The maximum atomic E-state index is 12.7. The standard InChI is InChI=1S/C22H40N6O2.HI/c1-5-23-20(24-14-19-15-26-8-10-27(19)11-9-26)25-16-12-17-6-7-18(13-16)28(17)21(29)30-22(2,3)4;/h16-19H,5-15H2,1-4H3,(H2,23,24,25);1H. The Morgan fingerprint density at radius 3 is 2.26 bits per heavy atom. The number of halogens is 1. The monoisotopic (exact) mass is 548 g/mol. The third-order valence-corrected chi connectivity index (χ3v) is 6.87. The van der Waals surface area contributed by atoms with Gasteiger partial charge in [-0.15, -0.1) is 24.0 Å². The minimum atomic E-state index is -0.443. The van der Waals surface area contributed by atoms with Crippen molar-refractivity contribution in [1.29, 1.82) is 0 Å². The first kappa shape index (κ1) is 24.8. The van der Waals surface area contributed by atoms with Crippen LogP contribution in [0.1, 0.15) is 53.4 Å². The molecule has 0 aliphatic carbocycles. The van der Waals surface area contributed by atoms with Crippen molar-refractivity contribution in [2.24, 2.45) is 4.99 Å². The third-order valence-electron chi connectivity index (χ3n) is 6.87. The minimum Gasteiger partial charge on any atom is -0.444 e. The molecular weight excluding hydrogens is 507 g/mol. The normalized spacial score (nSPS) is 34.8. The molecule has 9 heteroatoms. The van der Waals surface area contributed by atoms with Crippen LogP contribution in [0, 0.1) is 0 Å². The zero-order valence-corrected chi connectivity index (χ0v) is 21.9. The van der Waals surface area contributed by atoms with Crippen molar-refractivity contribution in [3.05, 3.63) is 0 Å². The number of nitrogens with one attached hydrogen (secondary N) is 2. The first-order valence-electron chi connectivity index (χ1n) is 11.8. The Labute approximate surface area is 204 Å². The van der Waals surface area contributed by atoms with E-state index in [-0.39, 0.29) is 42.2 Å². The highest BCUT2D eigenvalue weighted by Gasteiger charge is 2.45. The summed E-state index contributed by atoms with van der Waals surface area (Å²) >= 11 is 0. The summed E-state index contributed by atoms with van der Waals surface area (Å²) in [4.78, 5) is 24.8. The van der Waals surface area contributed by atoms with E-state index in [1.165, 1.54) is 26.2 Å². The Balaban J connectivity index is 0.00000272. The maximum Gasteiger partial charge on any atom is 0.410 e. The molecule has 0 aromatic rings. The van der Waals surface area contributed by atoms with Gasteiger partial charge < -0.3 is 20.3 Å². The van der Waals surface area contributed by atoms with Gasteiger partial charge in [0.15, 0.2) is 5.96 Å². The summed E-state index contributed by atoms with van der Waals surface area (Å²) in [6, 6.07) is 1.43. The van der Waals surface area contributed by atoms with Crippen molar-refractivity contribution < 1.29 is 9.53 Å². The highest BCUT2D eigenvalue weighted by molar-refractivity contribution is 14.0. The number of carbonyl (C=O) groups is 1. The van der Waals surface area contributed by atoms with Gasteiger partial charge in [0, 0.05) is 63.4 Å². The number of piperazine rings is 3. The van der Waals surface area contributed by atoms with Crippen LogP contribution in [0.3, 0.4) is 0 Å². The second-order valence-corrected chi connectivity index (χ2v) is 10.3. The molecule has 0 saturated carbocycles. The Morgan fingerprint density at radius 2 is 1.74 bits per heavy atom. The molecule has 4 bridgehead atoms. The van der Waals surface area contributed by atoms with Gasteiger partial charge in [-0.2, -0.15) is 0 Å². The van der Waals surface area contributed by atoms with Crippen molar-refractivity contribution in [2.75, 3.05) is 45.8 Å². The van der Waals surface area contributed by atoms with Crippen LogP contribution in [0.2, 0.25) is 0 Å². The van der Waals surface area contributed by atoms with E-state index >= 15 is 0 Å². The Hall–Kier alpha value is -0.810. The molecule has 5 aliphatic rings. The number of carbonyl (C=O) groups excluding carboxylic acids is 1. The SMILES string of the molecule is CCNC(=NCC1CN2CCN1CC2)NC1CC2CCC(C1)N2C(=O)OC(C)(C)C.I. The van der Waals surface area contributed by atoms with Gasteiger partial charge >= 0.3 is 6.09 Å². The van der Waals surface area contributed by atoms with E-state index in [1.54, 1.807) is 0 Å². The van der Waals surface area contributed by atoms with Crippen LogP contribution < -0.4 is 10.6 Å². The number of hydrogen-bond donors (Lipinski definition) is 2. The maximum absolute atomic E-state index is 12.7. The molecule has 1 amide bonds. The second-order valence-electron chi connectivity index (χ2n) is 10.3. The number of rotatable bonds is 4. The predicted octanol–water partition coefficient (Wildman–Crippen LogP) is 2.09. The molecule has 8 nitrogen and oxygen atoms in total. The van der Waals surface area contributed by atoms with Crippen LogP contribution in [-0.4, -0.2) is 102 Å².